The van der Waals surface area contributed by atoms with Gasteiger partial charge in [-0.3, -0.25) is 6.08 Å². The van der Waals surface area contributed by atoms with E-state index in [-0.39, 0.29) is 35.6 Å². The molecule has 0 heterocycles. The van der Waals surface area contributed by atoms with E-state index >= 15 is 0 Å². The Hall–Kier alpha value is -1.05. The molecule has 0 unspecified atom stereocenters. The molecule has 3 heteroatoms. The summed E-state index contributed by atoms with van der Waals surface area (Å²) in [6.07, 6.45) is 17.2. The van der Waals surface area contributed by atoms with Crippen LogP contribution in [0.3, 0.4) is 0 Å². The maximum atomic E-state index is 2.99. The van der Waals surface area contributed by atoms with Gasteiger partial charge in [0.25, 0.3) is 0 Å². The predicted molar refractivity (Wildman–Crippen MR) is 144 cm³/mol. The van der Waals surface area contributed by atoms with Crippen molar-refractivity contribution in [2.24, 2.45) is 0 Å². The second-order valence-electron chi connectivity index (χ2n) is 11.4. The van der Waals surface area contributed by atoms with Crippen molar-refractivity contribution in [1.29, 1.82) is 0 Å². The van der Waals surface area contributed by atoms with Crippen molar-refractivity contribution < 1.29 is 44.8 Å². The van der Waals surface area contributed by atoms with Crippen molar-refractivity contribution in [3.63, 3.8) is 0 Å². The van der Waals surface area contributed by atoms with Crippen LogP contribution < -0.4 is 24.8 Å². The van der Waals surface area contributed by atoms with Crippen LogP contribution in [-0.2, 0) is 30.8 Å². The van der Waals surface area contributed by atoms with Gasteiger partial charge in [-0.05, 0) is 10.8 Å². The van der Waals surface area contributed by atoms with E-state index in [9.17, 15) is 0 Å². The molecular weight excluding hydrogens is 503 g/mol. The van der Waals surface area contributed by atoms with Gasteiger partial charge in [-0.15, -0.1) is 46.2 Å². The molecule has 2 aliphatic carbocycles. The summed E-state index contributed by atoms with van der Waals surface area (Å²) in [6.45, 7) is 13.6. The number of hydrogen-bond acceptors (Lipinski definition) is 0. The molecule has 2 aliphatic rings. The molecule has 0 radical (unpaired) electrons. The van der Waals surface area contributed by atoms with Crippen molar-refractivity contribution in [2.75, 3.05) is 0 Å². The van der Waals surface area contributed by atoms with Gasteiger partial charge < -0.3 is 24.8 Å². The Kier molecular flexibility index (Phi) is 12.8. The molecule has 188 valence electrons. The SMILES string of the molecule is CC(C)(C)c1ccc2c(c1)[cH-]c1cc(C(C)(C)C)ccc12.[C-]1=CC=CC1.[Cl-].[Cl-].[Ti+2]=[C]1CCCCC1. The zero-order valence-corrected chi connectivity index (χ0v) is 25.3. The Balaban J connectivity index is 0.000000360. The minimum absolute atomic E-state index is 0. The van der Waals surface area contributed by atoms with E-state index in [1.54, 1.807) is 3.81 Å². The molecule has 1 saturated carbocycles. The molecule has 3 aromatic carbocycles. The Morgan fingerprint density at radius 2 is 1.23 bits per heavy atom. The topological polar surface area (TPSA) is 0 Å². The van der Waals surface area contributed by atoms with Crippen LogP contribution >= 0.6 is 0 Å². The summed E-state index contributed by atoms with van der Waals surface area (Å²) in [5, 5.41) is 5.48. The molecule has 0 saturated heterocycles. The maximum absolute atomic E-state index is 2.99. The fourth-order valence-electron chi connectivity index (χ4n) is 4.27. The summed E-state index contributed by atoms with van der Waals surface area (Å²) in [5.74, 6) is 0. The van der Waals surface area contributed by atoms with Crippen LogP contribution in [0.25, 0.3) is 21.5 Å². The summed E-state index contributed by atoms with van der Waals surface area (Å²) >= 11 is 2.28. The second kappa shape index (κ2) is 14.0. The fraction of sp³-hybridized carbons (Fsp3) is 0.438. The zero-order chi connectivity index (χ0) is 24.1. The molecule has 0 amide bonds. The Morgan fingerprint density at radius 3 is 1.51 bits per heavy atom. The standard InChI is InChI=1S/C21H25.C6H10.C5H5.2ClH.Ti/c1-20(2,3)16-7-9-18-14(12-16)11-15-13-17(21(4,5)6)8-10-19(15)18;1-2-4-6-5-3-1;1-2-4-5-3-1;;;/h7-13H,1-6H3;1-5H2;1-3H,4H2;2*1H;/q-1;;-1;;;+2/p-2. The number of benzene rings is 2. The summed E-state index contributed by atoms with van der Waals surface area (Å²) in [5.41, 5.74) is 3.21. The van der Waals surface area contributed by atoms with Crippen LogP contribution in [0, 0.1) is 6.08 Å². The number of halogens is 2. The Bertz CT molecular complexity index is 1060. The van der Waals surface area contributed by atoms with Gasteiger partial charge in [-0.25, -0.2) is 12.2 Å². The third-order valence-electron chi connectivity index (χ3n) is 6.48. The van der Waals surface area contributed by atoms with Crippen LogP contribution in [0.5, 0.6) is 0 Å². The van der Waals surface area contributed by atoms with Gasteiger partial charge >= 0.3 is 55.9 Å². The fourth-order valence-corrected chi connectivity index (χ4v) is 4.83. The molecule has 0 atom stereocenters. The zero-order valence-electron chi connectivity index (χ0n) is 22.3. The first-order valence-electron chi connectivity index (χ1n) is 12.5. The van der Waals surface area contributed by atoms with E-state index in [0.29, 0.717) is 0 Å². The average molecular weight is 543 g/mol. The Morgan fingerprint density at radius 1 is 0.743 bits per heavy atom. The van der Waals surface area contributed by atoms with E-state index < -0.39 is 0 Å². The van der Waals surface area contributed by atoms with Gasteiger partial charge in [-0.1, -0.05) is 76.9 Å². The number of fused-ring (bicyclic) bond motifs is 3. The van der Waals surface area contributed by atoms with Crippen molar-refractivity contribution in [2.45, 2.75) is 90.9 Å². The van der Waals surface area contributed by atoms with Gasteiger partial charge in [0.15, 0.2) is 0 Å². The molecule has 0 spiro atoms. The van der Waals surface area contributed by atoms with Crippen LogP contribution in [0.2, 0.25) is 0 Å². The van der Waals surface area contributed by atoms with Crippen LogP contribution in [0.15, 0.2) is 60.7 Å². The summed E-state index contributed by atoms with van der Waals surface area (Å²) in [6, 6.07) is 16.2. The average Bonchev–Trinajstić information content (AvgIpc) is 3.44. The normalized spacial score (nSPS) is 15.0. The van der Waals surface area contributed by atoms with E-state index in [0.717, 1.165) is 6.42 Å². The van der Waals surface area contributed by atoms with Crippen molar-refractivity contribution >= 4 is 25.4 Å². The molecule has 35 heavy (non-hydrogen) atoms. The third-order valence-corrected chi connectivity index (χ3v) is 7.26. The van der Waals surface area contributed by atoms with Crippen molar-refractivity contribution in [1.82, 2.24) is 0 Å². The molecule has 1 fully saturated rings. The monoisotopic (exact) mass is 542 g/mol. The quantitative estimate of drug-likeness (QED) is 0.302. The number of rotatable bonds is 0. The number of allylic oxidation sites excluding steroid dienone is 4. The number of hydrogen-bond donors (Lipinski definition) is 0. The molecule has 0 N–H and O–H groups in total. The summed E-state index contributed by atoms with van der Waals surface area (Å²) in [7, 11) is 0. The van der Waals surface area contributed by atoms with E-state index in [4.69, 9.17) is 0 Å². The first-order chi connectivity index (χ1) is 15.6. The second-order valence-corrected chi connectivity index (χ2v) is 12.5. The molecule has 0 aliphatic heterocycles. The van der Waals surface area contributed by atoms with Crippen LogP contribution in [0.1, 0.15) is 91.2 Å². The van der Waals surface area contributed by atoms with Gasteiger partial charge in [0.05, 0.1) is 0 Å². The molecule has 5 rings (SSSR count). The minimum atomic E-state index is 0. The van der Waals surface area contributed by atoms with Gasteiger partial charge in [0, 0.05) is 0 Å². The predicted octanol–water partition coefficient (Wildman–Crippen LogP) is 3.29. The summed E-state index contributed by atoms with van der Waals surface area (Å²) in [4.78, 5) is 0. The van der Waals surface area contributed by atoms with Gasteiger partial charge in [-0.2, -0.15) is 6.08 Å². The van der Waals surface area contributed by atoms with Gasteiger partial charge in [0.2, 0.25) is 0 Å². The molecular formula is C32H40Cl2Ti-2. The van der Waals surface area contributed by atoms with E-state index in [1.807, 2.05) is 12.2 Å². The Labute approximate surface area is 237 Å². The first kappa shape index (κ1) is 32.0. The van der Waals surface area contributed by atoms with E-state index in [1.165, 1.54) is 64.8 Å². The van der Waals surface area contributed by atoms with E-state index in [2.05, 4.69) is 116 Å². The third kappa shape index (κ3) is 9.40. The van der Waals surface area contributed by atoms with Crippen LogP contribution in [0.4, 0.5) is 0 Å². The van der Waals surface area contributed by atoms with Gasteiger partial charge in [0.1, 0.15) is 0 Å². The van der Waals surface area contributed by atoms with Crippen LogP contribution in [-0.4, -0.2) is 3.81 Å². The first-order valence-corrected chi connectivity index (χ1v) is 13.3. The molecule has 0 aromatic heterocycles. The summed E-state index contributed by atoms with van der Waals surface area (Å²) < 4.78 is 1.71. The van der Waals surface area contributed by atoms with Crippen molar-refractivity contribution in [3.05, 3.63) is 77.9 Å². The molecule has 0 bridgehead atoms. The molecule has 3 aromatic rings. The van der Waals surface area contributed by atoms with Crippen molar-refractivity contribution in [3.8, 4) is 0 Å². The molecule has 0 nitrogen and oxygen atoms in total.